The summed E-state index contributed by atoms with van der Waals surface area (Å²) in [5.74, 6) is 1.57. The van der Waals surface area contributed by atoms with Gasteiger partial charge in [0.1, 0.15) is 16.0 Å². The molecule has 5 heteroatoms. The molecule has 2 rings (SSSR count). The van der Waals surface area contributed by atoms with Crippen molar-refractivity contribution in [1.82, 2.24) is 5.32 Å². The van der Waals surface area contributed by atoms with Gasteiger partial charge in [0.25, 0.3) is 0 Å². The molecule has 1 aromatic carbocycles. The molecular formula is C15H22BrNO3. The van der Waals surface area contributed by atoms with Crippen molar-refractivity contribution < 1.29 is 14.2 Å². The van der Waals surface area contributed by atoms with Crippen LogP contribution in [0, 0.1) is 0 Å². The van der Waals surface area contributed by atoms with E-state index in [1.165, 1.54) is 6.42 Å². The highest BCUT2D eigenvalue weighted by atomic mass is 79.9. The maximum atomic E-state index is 5.92. The van der Waals surface area contributed by atoms with E-state index in [1.54, 1.807) is 14.2 Å². The van der Waals surface area contributed by atoms with Gasteiger partial charge in [-0.1, -0.05) is 0 Å². The van der Waals surface area contributed by atoms with E-state index in [9.17, 15) is 0 Å². The minimum Gasteiger partial charge on any atom is -0.495 e. The molecule has 0 saturated carbocycles. The van der Waals surface area contributed by atoms with Crippen LogP contribution in [-0.2, 0) is 4.74 Å². The summed E-state index contributed by atoms with van der Waals surface area (Å²) < 4.78 is 17.7. The van der Waals surface area contributed by atoms with Crippen LogP contribution in [0.25, 0.3) is 0 Å². The average Bonchev–Trinajstić information content (AvgIpc) is 2.49. The molecular weight excluding hydrogens is 322 g/mol. The lowest BCUT2D eigenvalue weighted by molar-refractivity contribution is -0.00708. The largest absolute Gasteiger partial charge is 0.495 e. The van der Waals surface area contributed by atoms with Gasteiger partial charge in [0.2, 0.25) is 0 Å². The quantitative estimate of drug-likeness (QED) is 0.890. The van der Waals surface area contributed by atoms with Crippen LogP contribution < -0.4 is 14.8 Å². The molecule has 4 nitrogen and oxygen atoms in total. The number of hydrogen-bond donors (Lipinski definition) is 1. The van der Waals surface area contributed by atoms with Gasteiger partial charge in [-0.2, -0.15) is 0 Å². The van der Waals surface area contributed by atoms with Crippen molar-refractivity contribution >= 4 is 15.9 Å². The normalized spacial score (nSPS) is 20.5. The molecule has 20 heavy (non-hydrogen) atoms. The van der Waals surface area contributed by atoms with Crippen molar-refractivity contribution in [3.63, 3.8) is 0 Å². The summed E-state index contributed by atoms with van der Waals surface area (Å²) in [6.07, 6.45) is 3.61. The Morgan fingerprint density at radius 3 is 2.65 bits per heavy atom. The molecule has 0 aliphatic carbocycles. The van der Waals surface area contributed by atoms with Crippen molar-refractivity contribution in [2.45, 2.75) is 31.4 Å². The smallest absolute Gasteiger partial charge is 0.141 e. The number of ether oxygens (including phenoxy) is 3. The zero-order valence-electron chi connectivity index (χ0n) is 12.2. The van der Waals surface area contributed by atoms with E-state index in [0.29, 0.717) is 0 Å². The van der Waals surface area contributed by atoms with E-state index in [4.69, 9.17) is 14.2 Å². The first-order chi connectivity index (χ1) is 9.72. The predicted octanol–water partition coefficient (Wildman–Crippen LogP) is 3.30. The summed E-state index contributed by atoms with van der Waals surface area (Å²) in [7, 11) is 5.29. The molecule has 0 amide bonds. The van der Waals surface area contributed by atoms with E-state index in [0.717, 1.165) is 41.0 Å². The van der Waals surface area contributed by atoms with Gasteiger partial charge in [-0.25, -0.2) is 0 Å². The van der Waals surface area contributed by atoms with Gasteiger partial charge in [0, 0.05) is 12.2 Å². The van der Waals surface area contributed by atoms with Crippen molar-refractivity contribution in [1.29, 1.82) is 0 Å². The van der Waals surface area contributed by atoms with Crippen LogP contribution in [0.15, 0.2) is 16.6 Å². The third kappa shape index (κ3) is 3.10. The Labute approximate surface area is 128 Å². The van der Waals surface area contributed by atoms with Crippen LogP contribution in [-0.4, -0.2) is 34.0 Å². The molecule has 1 heterocycles. The fourth-order valence-corrected chi connectivity index (χ4v) is 3.42. The van der Waals surface area contributed by atoms with Gasteiger partial charge < -0.3 is 19.5 Å². The molecule has 112 valence electrons. The van der Waals surface area contributed by atoms with Crippen LogP contribution in [0.2, 0.25) is 0 Å². The SMILES string of the molecule is CNC(c1ccc(OC)c(Br)c1OC)C1CCCCO1. The van der Waals surface area contributed by atoms with Gasteiger partial charge >= 0.3 is 0 Å². The molecule has 1 aromatic rings. The highest BCUT2D eigenvalue weighted by molar-refractivity contribution is 9.10. The first-order valence-corrected chi connectivity index (χ1v) is 7.71. The zero-order valence-corrected chi connectivity index (χ0v) is 13.8. The van der Waals surface area contributed by atoms with Crippen molar-refractivity contribution in [3.05, 3.63) is 22.2 Å². The van der Waals surface area contributed by atoms with Crippen LogP contribution >= 0.6 is 15.9 Å². The first kappa shape index (κ1) is 15.6. The number of hydrogen-bond acceptors (Lipinski definition) is 4. The molecule has 2 atom stereocenters. The highest BCUT2D eigenvalue weighted by Crippen LogP contribution is 2.41. The van der Waals surface area contributed by atoms with E-state index in [1.807, 2.05) is 19.2 Å². The average molecular weight is 344 g/mol. The molecule has 1 aliphatic rings. The van der Waals surface area contributed by atoms with E-state index in [2.05, 4.69) is 21.2 Å². The minimum atomic E-state index is 0.118. The molecule has 2 unspecified atom stereocenters. The maximum absolute atomic E-state index is 5.92. The lowest BCUT2D eigenvalue weighted by Gasteiger charge is -2.31. The lowest BCUT2D eigenvalue weighted by atomic mass is 9.95. The number of likely N-dealkylation sites (N-methyl/N-ethyl adjacent to an activating group) is 1. The lowest BCUT2D eigenvalue weighted by Crippen LogP contribution is -2.34. The maximum Gasteiger partial charge on any atom is 0.141 e. The third-order valence-electron chi connectivity index (χ3n) is 3.75. The van der Waals surface area contributed by atoms with E-state index in [-0.39, 0.29) is 12.1 Å². The van der Waals surface area contributed by atoms with Gasteiger partial charge in [-0.15, -0.1) is 0 Å². The predicted molar refractivity (Wildman–Crippen MR) is 82.6 cm³/mol. The monoisotopic (exact) mass is 343 g/mol. The van der Waals surface area contributed by atoms with Crippen LogP contribution in [0.3, 0.4) is 0 Å². The first-order valence-electron chi connectivity index (χ1n) is 6.92. The summed E-state index contributed by atoms with van der Waals surface area (Å²) in [6, 6.07) is 4.11. The van der Waals surface area contributed by atoms with Gasteiger partial charge in [0.05, 0.1) is 26.4 Å². The van der Waals surface area contributed by atoms with Crippen molar-refractivity contribution in [2.24, 2.45) is 0 Å². The number of nitrogens with one attached hydrogen (secondary N) is 1. The molecule has 1 N–H and O–H groups in total. The molecule has 0 spiro atoms. The Balaban J connectivity index is 2.35. The number of halogens is 1. The van der Waals surface area contributed by atoms with Crippen molar-refractivity contribution in [3.8, 4) is 11.5 Å². The van der Waals surface area contributed by atoms with Gasteiger partial charge in [-0.05, 0) is 54.4 Å². The highest BCUT2D eigenvalue weighted by Gasteiger charge is 2.28. The number of rotatable bonds is 5. The summed E-state index contributed by atoms with van der Waals surface area (Å²) in [5, 5.41) is 3.36. The Hall–Kier alpha value is -0.780. The van der Waals surface area contributed by atoms with E-state index >= 15 is 0 Å². The second kappa shape index (κ2) is 7.29. The Kier molecular flexibility index (Phi) is 5.69. The standard InChI is InChI=1S/C15H22BrNO3/c1-17-14(12-6-4-5-9-20-12)10-7-8-11(18-2)13(16)15(10)19-3/h7-8,12,14,17H,4-6,9H2,1-3H3. The van der Waals surface area contributed by atoms with Gasteiger partial charge in [-0.3, -0.25) is 0 Å². The molecule has 1 fully saturated rings. The molecule has 0 bridgehead atoms. The zero-order chi connectivity index (χ0) is 14.5. The van der Waals surface area contributed by atoms with Gasteiger partial charge in [0.15, 0.2) is 0 Å². The number of methoxy groups -OCH3 is 2. The Bertz CT molecular complexity index is 447. The summed E-state index contributed by atoms with van der Waals surface area (Å²) in [5.41, 5.74) is 1.09. The van der Waals surface area contributed by atoms with Crippen LogP contribution in [0.5, 0.6) is 11.5 Å². The topological polar surface area (TPSA) is 39.7 Å². The second-order valence-electron chi connectivity index (χ2n) is 4.88. The Morgan fingerprint density at radius 1 is 1.30 bits per heavy atom. The fraction of sp³-hybridized carbons (Fsp3) is 0.600. The molecule has 1 saturated heterocycles. The molecule has 1 aliphatic heterocycles. The fourth-order valence-electron chi connectivity index (χ4n) is 2.73. The third-order valence-corrected chi connectivity index (χ3v) is 4.50. The molecule has 0 radical (unpaired) electrons. The van der Waals surface area contributed by atoms with E-state index < -0.39 is 0 Å². The molecule has 0 aromatic heterocycles. The minimum absolute atomic E-state index is 0.118. The van der Waals surface area contributed by atoms with Crippen LogP contribution in [0.4, 0.5) is 0 Å². The van der Waals surface area contributed by atoms with Crippen molar-refractivity contribution in [2.75, 3.05) is 27.9 Å². The summed E-state index contributed by atoms with van der Waals surface area (Å²) >= 11 is 3.56. The van der Waals surface area contributed by atoms with Crippen LogP contribution in [0.1, 0.15) is 30.9 Å². The second-order valence-corrected chi connectivity index (χ2v) is 5.67. The Morgan fingerprint density at radius 2 is 2.10 bits per heavy atom. The summed E-state index contributed by atoms with van der Waals surface area (Å²) in [6.45, 7) is 0.836. The summed E-state index contributed by atoms with van der Waals surface area (Å²) in [4.78, 5) is 0. The number of benzene rings is 1.